The molecule has 0 saturated carbocycles. The molecule has 0 spiro atoms. The molecule has 0 N–H and O–H groups in total. The molecule has 154 valence electrons. The lowest BCUT2D eigenvalue weighted by atomic mass is 9.85. The van der Waals surface area contributed by atoms with Crippen molar-refractivity contribution in [3.8, 4) is 5.75 Å². The Balaban J connectivity index is 1.53. The number of amides is 2. The highest BCUT2D eigenvalue weighted by molar-refractivity contribution is 6.22. The molecule has 2 aromatic rings. The first-order valence-corrected chi connectivity index (χ1v) is 10.2. The molecule has 5 heteroatoms. The molecule has 2 aliphatic rings. The molecule has 0 unspecified atom stereocenters. The Hall–Kier alpha value is -3.21. The zero-order chi connectivity index (χ0) is 21.5. The summed E-state index contributed by atoms with van der Waals surface area (Å²) in [6, 6.07) is 13.9. The predicted octanol–water partition coefficient (Wildman–Crippen LogP) is 4.66. The minimum absolute atomic E-state index is 0.0123. The first-order valence-electron chi connectivity index (χ1n) is 10.2. The number of nitrogens with zero attached hydrogens (tertiary/aromatic N) is 1. The van der Waals surface area contributed by atoms with Crippen LogP contribution in [0.2, 0.25) is 0 Å². The third kappa shape index (κ3) is 3.67. The number of ether oxygens (including phenoxy) is 1. The van der Waals surface area contributed by atoms with Crippen LogP contribution in [0.4, 0.5) is 5.69 Å². The number of anilines is 1. The predicted molar refractivity (Wildman–Crippen MR) is 114 cm³/mol. The molecule has 1 aliphatic heterocycles. The van der Waals surface area contributed by atoms with Crippen molar-refractivity contribution < 1.29 is 19.1 Å². The minimum atomic E-state index is -0.529. The molecule has 1 saturated heterocycles. The van der Waals surface area contributed by atoms with Gasteiger partial charge in [-0.3, -0.25) is 14.5 Å². The van der Waals surface area contributed by atoms with Crippen LogP contribution in [0.15, 0.2) is 60.7 Å². The number of rotatable bonds is 3. The Morgan fingerprint density at radius 3 is 2.10 bits per heavy atom. The van der Waals surface area contributed by atoms with Gasteiger partial charge in [-0.15, -0.1) is 0 Å². The standard InChI is InChI=1S/C25H25NO4/c1-25(2,3)17-11-13-19(14-12-17)30-24(29)16-7-6-8-18(15-16)26-22(27)20-9-4-5-10-21(20)23(26)28/h4-8,11-15,20-21H,9-10H2,1-3H3/t20-,21+. The molecule has 1 fully saturated rings. The van der Waals surface area contributed by atoms with E-state index in [4.69, 9.17) is 4.74 Å². The Bertz CT molecular complexity index is 1000. The number of carbonyl (C=O) groups excluding carboxylic acids is 3. The van der Waals surface area contributed by atoms with Crippen molar-refractivity contribution in [2.24, 2.45) is 11.8 Å². The Morgan fingerprint density at radius 2 is 1.53 bits per heavy atom. The molecule has 5 nitrogen and oxygen atoms in total. The minimum Gasteiger partial charge on any atom is -0.423 e. The SMILES string of the molecule is CC(C)(C)c1ccc(OC(=O)c2cccc(N3C(=O)[C@H]4CC=CC[C@H]4C3=O)c2)cc1. The summed E-state index contributed by atoms with van der Waals surface area (Å²) in [5, 5.41) is 0. The van der Waals surface area contributed by atoms with E-state index in [0.29, 0.717) is 29.8 Å². The summed E-state index contributed by atoms with van der Waals surface area (Å²) in [5.41, 5.74) is 1.86. The van der Waals surface area contributed by atoms with E-state index in [2.05, 4.69) is 20.8 Å². The van der Waals surface area contributed by atoms with Crippen LogP contribution >= 0.6 is 0 Å². The fourth-order valence-corrected chi connectivity index (χ4v) is 4.02. The van der Waals surface area contributed by atoms with E-state index in [-0.39, 0.29) is 29.1 Å². The highest BCUT2D eigenvalue weighted by Crippen LogP contribution is 2.37. The Labute approximate surface area is 176 Å². The number of fused-ring (bicyclic) bond motifs is 1. The second kappa shape index (κ2) is 7.56. The second-order valence-electron chi connectivity index (χ2n) is 8.88. The average molecular weight is 403 g/mol. The van der Waals surface area contributed by atoms with Crippen LogP contribution in [-0.4, -0.2) is 17.8 Å². The second-order valence-corrected chi connectivity index (χ2v) is 8.88. The largest absolute Gasteiger partial charge is 0.423 e. The van der Waals surface area contributed by atoms with E-state index in [1.54, 1.807) is 36.4 Å². The van der Waals surface area contributed by atoms with Crippen molar-refractivity contribution in [2.75, 3.05) is 4.90 Å². The average Bonchev–Trinajstić information content (AvgIpc) is 2.98. The molecular weight excluding hydrogens is 378 g/mol. The van der Waals surface area contributed by atoms with Crippen LogP contribution in [0.25, 0.3) is 0 Å². The Morgan fingerprint density at radius 1 is 0.933 bits per heavy atom. The van der Waals surface area contributed by atoms with Gasteiger partial charge in [-0.2, -0.15) is 0 Å². The molecule has 4 rings (SSSR count). The van der Waals surface area contributed by atoms with Gasteiger partial charge < -0.3 is 4.74 Å². The lowest BCUT2D eigenvalue weighted by Gasteiger charge is -2.19. The maximum atomic E-state index is 12.8. The van der Waals surface area contributed by atoms with E-state index >= 15 is 0 Å². The summed E-state index contributed by atoms with van der Waals surface area (Å²) >= 11 is 0. The van der Waals surface area contributed by atoms with E-state index in [1.807, 2.05) is 24.3 Å². The third-order valence-corrected chi connectivity index (χ3v) is 5.78. The molecular formula is C25H25NO4. The normalized spacial score (nSPS) is 21.0. The van der Waals surface area contributed by atoms with E-state index < -0.39 is 5.97 Å². The zero-order valence-corrected chi connectivity index (χ0v) is 17.4. The Kier molecular flexibility index (Phi) is 5.06. The molecule has 2 amide bonds. The number of imide groups is 1. The molecule has 1 aliphatic carbocycles. The summed E-state index contributed by atoms with van der Waals surface area (Å²) < 4.78 is 5.50. The molecule has 1 heterocycles. The molecule has 0 aromatic heterocycles. The van der Waals surface area contributed by atoms with Crippen molar-refractivity contribution in [3.63, 3.8) is 0 Å². The van der Waals surface area contributed by atoms with Gasteiger partial charge in [0.25, 0.3) is 0 Å². The van der Waals surface area contributed by atoms with Crippen LogP contribution in [0.5, 0.6) is 5.75 Å². The topological polar surface area (TPSA) is 63.7 Å². The number of carbonyl (C=O) groups is 3. The quantitative estimate of drug-likeness (QED) is 0.324. The van der Waals surface area contributed by atoms with Gasteiger partial charge in [-0.1, -0.05) is 51.1 Å². The van der Waals surface area contributed by atoms with Gasteiger partial charge >= 0.3 is 5.97 Å². The summed E-state index contributed by atoms with van der Waals surface area (Å²) in [6.45, 7) is 6.35. The van der Waals surface area contributed by atoms with Gasteiger partial charge in [0.15, 0.2) is 0 Å². The van der Waals surface area contributed by atoms with Crippen molar-refractivity contribution in [2.45, 2.75) is 39.0 Å². The van der Waals surface area contributed by atoms with Gasteiger partial charge in [0.05, 0.1) is 23.1 Å². The third-order valence-electron chi connectivity index (χ3n) is 5.78. The van der Waals surface area contributed by atoms with Crippen LogP contribution in [0.1, 0.15) is 49.5 Å². The molecule has 2 aromatic carbocycles. The van der Waals surface area contributed by atoms with Crippen molar-refractivity contribution >= 4 is 23.5 Å². The van der Waals surface area contributed by atoms with E-state index in [1.165, 1.54) is 4.90 Å². The smallest absolute Gasteiger partial charge is 0.343 e. The number of benzene rings is 2. The van der Waals surface area contributed by atoms with Crippen LogP contribution in [0.3, 0.4) is 0 Å². The first-order chi connectivity index (χ1) is 14.3. The first kappa shape index (κ1) is 20.1. The number of hydrogen-bond acceptors (Lipinski definition) is 4. The highest BCUT2D eigenvalue weighted by atomic mass is 16.5. The van der Waals surface area contributed by atoms with Crippen LogP contribution in [-0.2, 0) is 15.0 Å². The van der Waals surface area contributed by atoms with Gasteiger partial charge in [0.1, 0.15) is 5.75 Å². The summed E-state index contributed by atoms with van der Waals surface area (Å²) in [4.78, 5) is 39.5. The van der Waals surface area contributed by atoms with E-state index in [0.717, 1.165) is 5.56 Å². The molecule has 0 bridgehead atoms. The summed E-state index contributed by atoms with van der Waals surface area (Å²) in [5.74, 6) is -1.09. The number of esters is 1. The molecule has 2 atom stereocenters. The summed E-state index contributed by atoms with van der Waals surface area (Å²) in [7, 11) is 0. The zero-order valence-electron chi connectivity index (χ0n) is 17.4. The molecule has 30 heavy (non-hydrogen) atoms. The fourth-order valence-electron chi connectivity index (χ4n) is 4.02. The lowest BCUT2D eigenvalue weighted by Crippen LogP contribution is -2.31. The number of hydrogen-bond donors (Lipinski definition) is 0. The van der Waals surface area contributed by atoms with Gasteiger partial charge in [0.2, 0.25) is 11.8 Å². The van der Waals surface area contributed by atoms with Crippen molar-refractivity contribution in [1.29, 1.82) is 0 Å². The summed E-state index contributed by atoms with van der Waals surface area (Å²) in [6.07, 6.45) is 5.07. The van der Waals surface area contributed by atoms with Crippen molar-refractivity contribution in [1.82, 2.24) is 0 Å². The van der Waals surface area contributed by atoms with Crippen molar-refractivity contribution in [3.05, 3.63) is 71.8 Å². The monoisotopic (exact) mass is 403 g/mol. The highest BCUT2D eigenvalue weighted by Gasteiger charge is 2.47. The van der Waals surface area contributed by atoms with Gasteiger partial charge in [-0.25, -0.2) is 4.79 Å². The lowest BCUT2D eigenvalue weighted by molar-refractivity contribution is -0.122. The van der Waals surface area contributed by atoms with E-state index in [9.17, 15) is 14.4 Å². The van der Waals surface area contributed by atoms with Gasteiger partial charge in [0, 0.05) is 0 Å². The van der Waals surface area contributed by atoms with Crippen LogP contribution in [0, 0.1) is 11.8 Å². The van der Waals surface area contributed by atoms with Crippen LogP contribution < -0.4 is 9.64 Å². The van der Waals surface area contributed by atoms with Gasteiger partial charge in [-0.05, 0) is 54.2 Å². The fraction of sp³-hybridized carbons (Fsp3) is 0.320. The maximum Gasteiger partial charge on any atom is 0.343 e. The molecule has 0 radical (unpaired) electrons. The maximum absolute atomic E-state index is 12.8. The number of allylic oxidation sites excluding steroid dienone is 2.